The molecular weight excluding hydrogens is 396 g/mol. The number of nitrogens with one attached hydrogen (secondary N) is 1. The number of amides is 2. The molecule has 31 heavy (non-hydrogen) atoms. The molecule has 164 valence electrons. The van der Waals surface area contributed by atoms with E-state index in [1.54, 1.807) is 36.1 Å². The second kappa shape index (κ2) is 9.20. The molecule has 3 rings (SSSR count). The first-order valence-corrected chi connectivity index (χ1v) is 10.3. The van der Waals surface area contributed by atoms with Gasteiger partial charge in [-0.2, -0.15) is 0 Å². The summed E-state index contributed by atoms with van der Waals surface area (Å²) < 4.78 is 11.0. The highest BCUT2D eigenvalue weighted by atomic mass is 16.6. The molecule has 1 heterocycles. The predicted molar refractivity (Wildman–Crippen MR) is 116 cm³/mol. The Hall–Kier alpha value is -3.35. The minimum Gasteiger partial charge on any atom is -0.478 e. The topological polar surface area (TPSA) is 84.9 Å². The molecule has 7 heteroatoms. The van der Waals surface area contributed by atoms with Crippen LogP contribution in [0.25, 0.3) is 0 Å². The van der Waals surface area contributed by atoms with E-state index in [-0.39, 0.29) is 12.3 Å². The number of carbonyl (C=O) groups excluding carboxylic acids is 3. The van der Waals surface area contributed by atoms with Crippen molar-refractivity contribution >= 4 is 23.5 Å². The Bertz CT molecular complexity index is 952. The normalized spacial score (nSPS) is 16.4. The summed E-state index contributed by atoms with van der Waals surface area (Å²) in [5, 5.41) is 2.71. The quantitative estimate of drug-likeness (QED) is 0.717. The van der Waals surface area contributed by atoms with Gasteiger partial charge in [-0.15, -0.1) is 0 Å². The number of nitrogens with zero attached hydrogens (tertiary/aromatic N) is 1. The van der Waals surface area contributed by atoms with E-state index in [1.807, 2.05) is 51.1 Å². The van der Waals surface area contributed by atoms with Crippen molar-refractivity contribution in [3.63, 3.8) is 0 Å². The first kappa shape index (κ1) is 22.3. The van der Waals surface area contributed by atoms with Gasteiger partial charge in [0, 0.05) is 12.1 Å². The van der Waals surface area contributed by atoms with E-state index in [0.717, 1.165) is 5.56 Å². The lowest BCUT2D eigenvalue weighted by molar-refractivity contribution is -0.163. The maximum atomic E-state index is 13.1. The summed E-state index contributed by atoms with van der Waals surface area (Å²) in [4.78, 5) is 39.5. The SMILES string of the molecule is C[C@@H](OC(=O)C[C@@H]1Oc2ccccc2NC1=O)C(=O)N(Cc1ccccc1)C(C)(C)C. The van der Waals surface area contributed by atoms with E-state index in [0.29, 0.717) is 18.0 Å². The van der Waals surface area contributed by atoms with E-state index < -0.39 is 29.6 Å². The number of fused-ring (bicyclic) bond motifs is 1. The fraction of sp³-hybridized carbons (Fsp3) is 0.375. The summed E-state index contributed by atoms with van der Waals surface area (Å²) in [5.74, 6) is -0.904. The van der Waals surface area contributed by atoms with Gasteiger partial charge in [-0.3, -0.25) is 14.4 Å². The molecule has 0 unspecified atom stereocenters. The molecule has 0 radical (unpaired) electrons. The Labute approximate surface area is 182 Å². The second-order valence-electron chi connectivity index (χ2n) is 8.51. The fourth-order valence-corrected chi connectivity index (χ4v) is 3.31. The predicted octanol–water partition coefficient (Wildman–Crippen LogP) is 3.54. The van der Waals surface area contributed by atoms with Crippen LogP contribution in [0, 0.1) is 0 Å². The zero-order valence-corrected chi connectivity index (χ0v) is 18.3. The van der Waals surface area contributed by atoms with Gasteiger partial charge in [0.05, 0.1) is 12.1 Å². The maximum absolute atomic E-state index is 13.1. The fourth-order valence-electron chi connectivity index (χ4n) is 3.31. The third-order valence-corrected chi connectivity index (χ3v) is 4.97. The van der Waals surface area contributed by atoms with Crippen LogP contribution in [-0.4, -0.2) is 40.4 Å². The van der Waals surface area contributed by atoms with Crippen molar-refractivity contribution in [3.05, 3.63) is 60.2 Å². The number of benzene rings is 2. The van der Waals surface area contributed by atoms with E-state index in [9.17, 15) is 14.4 Å². The zero-order chi connectivity index (χ0) is 22.6. The van der Waals surface area contributed by atoms with Crippen LogP contribution < -0.4 is 10.1 Å². The average Bonchev–Trinajstić information content (AvgIpc) is 2.72. The second-order valence-corrected chi connectivity index (χ2v) is 8.51. The molecule has 7 nitrogen and oxygen atoms in total. The molecule has 1 N–H and O–H groups in total. The van der Waals surface area contributed by atoms with Crippen LogP contribution in [0.1, 0.15) is 39.7 Å². The van der Waals surface area contributed by atoms with Crippen molar-refractivity contribution in [3.8, 4) is 5.75 Å². The van der Waals surface area contributed by atoms with Crippen LogP contribution in [-0.2, 0) is 25.7 Å². The number of anilines is 1. The smallest absolute Gasteiger partial charge is 0.310 e. The highest BCUT2D eigenvalue weighted by Crippen LogP contribution is 2.29. The number of hydrogen-bond acceptors (Lipinski definition) is 5. The Balaban J connectivity index is 1.62. The third kappa shape index (κ3) is 5.63. The number of hydrogen-bond donors (Lipinski definition) is 1. The van der Waals surface area contributed by atoms with Crippen LogP contribution in [0.3, 0.4) is 0 Å². The summed E-state index contributed by atoms with van der Waals surface area (Å²) in [7, 11) is 0. The number of ether oxygens (including phenoxy) is 2. The standard InChI is InChI=1S/C24H28N2O5/c1-16(23(29)26(24(2,3)4)15-17-10-6-5-7-11-17)30-21(27)14-20-22(28)25-18-12-8-9-13-19(18)31-20/h5-13,16,20H,14-15H2,1-4H3,(H,25,28)/t16-,20+/m1/s1. The maximum Gasteiger partial charge on any atom is 0.310 e. The summed E-state index contributed by atoms with van der Waals surface area (Å²) in [6.45, 7) is 7.73. The van der Waals surface area contributed by atoms with Crippen molar-refractivity contribution in [1.82, 2.24) is 4.90 Å². The van der Waals surface area contributed by atoms with Crippen molar-refractivity contribution < 1.29 is 23.9 Å². The van der Waals surface area contributed by atoms with Gasteiger partial charge < -0.3 is 19.7 Å². The van der Waals surface area contributed by atoms with Gasteiger partial charge in [-0.05, 0) is 45.4 Å². The van der Waals surface area contributed by atoms with Crippen LogP contribution in [0.2, 0.25) is 0 Å². The van der Waals surface area contributed by atoms with Gasteiger partial charge >= 0.3 is 5.97 Å². The van der Waals surface area contributed by atoms with E-state index in [2.05, 4.69) is 5.32 Å². The molecular formula is C24H28N2O5. The molecule has 0 saturated heterocycles. The van der Waals surface area contributed by atoms with Gasteiger partial charge in [-0.25, -0.2) is 0 Å². The number of para-hydroxylation sites is 2. The Morgan fingerprint density at radius 3 is 2.42 bits per heavy atom. The average molecular weight is 424 g/mol. The molecule has 2 aromatic carbocycles. The Morgan fingerprint density at radius 2 is 1.74 bits per heavy atom. The molecule has 0 bridgehead atoms. The largest absolute Gasteiger partial charge is 0.478 e. The number of rotatable bonds is 6. The summed E-state index contributed by atoms with van der Waals surface area (Å²) >= 11 is 0. The van der Waals surface area contributed by atoms with Gasteiger partial charge in [-0.1, -0.05) is 42.5 Å². The Morgan fingerprint density at radius 1 is 1.10 bits per heavy atom. The molecule has 1 aliphatic heterocycles. The molecule has 2 aromatic rings. The summed E-state index contributed by atoms with van der Waals surface area (Å²) in [6, 6.07) is 16.6. The molecule has 0 spiro atoms. The van der Waals surface area contributed by atoms with Crippen molar-refractivity contribution in [2.75, 3.05) is 5.32 Å². The van der Waals surface area contributed by atoms with Gasteiger partial charge in [0.15, 0.2) is 12.2 Å². The lowest BCUT2D eigenvalue weighted by Crippen LogP contribution is -2.50. The van der Waals surface area contributed by atoms with Crippen LogP contribution in [0.15, 0.2) is 54.6 Å². The first-order valence-electron chi connectivity index (χ1n) is 10.3. The van der Waals surface area contributed by atoms with Gasteiger partial charge in [0.25, 0.3) is 11.8 Å². The van der Waals surface area contributed by atoms with Gasteiger partial charge in [0.2, 0.25) is 0 Å². The van der Waals surface area contributed by atoms with Gasteiger partial charge in [0.1, 0.15) is 5.75 Å². The first-order chi connectivity index (χ1) is 14.6. The van der Waals surface area contributed by atoms with Crippen LogP contribution in [0.4, 0.5) is 5.69 Å². The van der Waals surface area contributed by atoms with Crippen molar-refractivity contribution in [2.24, 2.45) is 0 Å². The monoisotopic (exact) mass is 424 g/mol. The minimum absolute atomic E-state index is 0.286. The van der Waals surface area contributed by atoms with Crippen LogP contribution >= 0.6 is 0 Å². The highest BCUT2D eigenvalue weighted by molar-refractivity contribution is 5.99. The lowest BCUT2D eigenvalue weighted by atomic mass is 10.0. The third-order valence-electron chi connectivity index (χ3n) is 4.97. The molecule has 0 aromatic heterocycles. The van der Waals surface area contributed by atoms with Crippen molar-refractivity contribution in [2.45, 2.75) is 58.4 Å². The Kier molecular flexibility index (Phi) is 6.63. The molecule has 0 aliphatic carbocycles. The number of esters is 1. The zero-order valence-electron chi connectivity index (χ0n) is 18.3. The van der Waals surface area contributed by atoms with E-state index >= 15 is 0 Å². The summed E-state index contributed by atoms with van der Waals surface area (Å²) in [6.07, 6.45) is -2.28. The highest BCUT2D eigenvalue weighted by Gasteiger charge is 2.34. The molecule has 2 amide bonds. The van der Waals surface area contributed by atoms with E-state index in [1.165, 1.54) is 0 Å². The molecule has 2 atom stereocenters. The molecule has 0 fully saturated rings. The number of carbonyl (C=O) groups is 3. The van der Waals surface area contributed by atoms with Crippen LogP contribution in [0.5, 0.6) is 5.75 Å². The summed E-state index contributed by atoms with van der Waals surface area (Å²) in [5.41, 5.74) is 1.07. The van der Waals surface area contributed by atoms with Crippen molar-refractivity contribution in [1.29, 1.82) is 0 Å². The minimum atomic E-state index is -1.01. The molecule has 0 saturated carbocycles. The van der Waals surface area contributed by atoms with E-state index in [4.69, 9.17) is 9.47 Å². The molecule has 1 aliphatic rings. The lowest BCUT2D eigenvalue weighted by Gasteiger charge is -2.37.